The molecule has 5 nitrogen and oxygen atoms in total. The first-order valence-electron chi connectivity index (χ1n) is 6.35. The van der Waals surface area contributed by atoms with E-state index in [0.29, 0.717) is 17.2 Å². The summed E-state index contributed by atoms with van der Waals surface area (Å²) in [7, 11) is 1.68. The summed E-state index contributed by atoms with van der Waals surface area (Å²) < 4.78 is 0. The lowest BCUT2D eigenvalue weighted by Crippen LogP contribution is -2.32. The first-order valence-corrected chi connectivity index (χ1v) is 6.35. The van der Waals surface area contributed by atoms with Crippen LogP contribution in [0.4, 0.5) is 5.82 Å². The van der Waals surface area contributed by atoms with Crippen LogP contribution in [0.15, 0.2) is 42.8 Å². The van der Waals surface area contributed by atoms with Crippen LogP contribution in [-0.2, 0) is 10.4 Å². The molecule has 0 aliphatic heterocycles. The van der Waals surface area contributed by atoms with Gasteiger partial charge in [0.15, 0.2) is 0 Å². The standard InChI is InChI=1S/C15H21N3O2/c1-6-11(16-5)14(19)18(7-2)13-10-8-9-12(17-13)15(3,4)20/h6-10,16,20H,2H2,1,3-5H3/b11-6+. The van der Waals surface area contributed by atoms with E-state index < -0.39 is 5.60 Å². The highest BCUT2D eigenvalue weighted by Gasteiger charge is 2.21. The molecule has 0 fully saturated rings. The number of pyridine rings is 1. The van der Waals surface area contributed by atoms with Crippen molar-refractivity contribution in [3.05, 3.63) is 48.4 Å². The minimum atomic E-state index is -1.07. The van der Waals surface area contributed by atoms with Gasteiger partial charge in [-0.25, -0.2) is 4.98 Å². The second-order valence-corrected chi connectivity index (χ2v) is 4.75. The number of hydrogen-bond acceptors (Lipinski definition) is 4. The lowest BCUT2D eigenvalue weighted by molar-refractivity contribution is -0.114. The summed E-state index contributed by atoms with van der Waals surface area (Å²) in [5.74, 6) is 0.157. The number of allylic oxidation sites excluding steroid dienone is 1. The Kier molecular flexibility index (Phi) is 5.05. The fourth-order valence-electron chi connectivity index (χ4n) is 1.68. The largest absolute Gasteiger partial charge is 0.384 e. The molecular formula is C15H21N3O2. The molecule has 1 heterocycles. The zero-order valence-corrected chi connectivity index (χ0v) is 12.3. The SMILES string of the molecule is C=CN(C(=O)/C(=C\C)NC)c1cccc(C(C)(C)O)n1. The topological polar surface area (TPSA) is 65.5 Å². The van der Waals surface area contributed by atoms with Crippen LogP contribution in [0.2, 0.25) is 0 Å². The minimum absolute atomic E-state index is 0.259. The first kappa shape index (κ1) is 15.9. The Labute approximate surface area is 119 Å². The Balaban J connectivity index is 3.20. The maximum Gasteiger partial charge on any atom is 0.279 e. The van der Waals surface area contributed by atoms with Crippen LogP contribution in [0.3, 0.4) is 0 Å². The summed E-state index contributed by atoms with van der Waals surface area (Å²) in [6, 6.07) is 5.15. The summed E-state index contributed by atoms with van der Waals surface area (Å²) >= 11 is 0. The van der Waals surface area contributed by atoms with Crippen molar-refractivity contribution in [1.29, 1.82) is 0 Å². The molecule has 0 aliphatic rings. The van der Waals surface area contributed by atoms with Crippen molar-refractivity contribution in [1.82, 2.24) is 10.3 Å². The third-order valence-corrected chi connectivity index (χ3v) is 2.80. The number of nitrogens with one attached hydrogen (secondary N) is 1. The van der Waals surface area contributed by atoms with E-state index in [9.17, 15) is 9.90 Å². The Morgan fingerprint density at radius 2 is 2.15 bits per heavy atom. The fourth-order valence-corrected chi connectivity index (χ4v) is 1.68. The highest BCUT2D eigenvalue weighted by atomic mass is 16.3. The number of aromatic nitrogens is 1. The van der Waals surface area contributed by atoms with Crippen LogP contribution in [-0.4, -0.2) is 23.0 Å². The van der Waals surface area contributed by atoms with Crippen LogP contribution in [0.5, 0.6) is 0 Å². The molecule has 0 spiro atoms. The zero-order chi connectivity index (χ0) is 15.3. The molecule has 1 aromatic rings. The molecule has 0 unspecified atom stereocenters. The second kappa shape index (κ2) is 6.34. The van der Waals surface area contributed by atoms with Gasteiger partial charge in [-0.3, -0.25) is 9.69 Å². The van der Waals surface area contributed by atoms with Gasteiger partial charge < -0.3 is 10.4 Å². The van der Waals surface area contributed by atoms with Gasteiger partial charge in [-0.2, -0.15) is 0 Å². The Bertz CT molecular complexity index is 530. The van der Waals surface area contributed by atoms with Crippen molar-refractivity contribution in [2.24, 2.45) is 0 Å². The quantitative estimate of drug-likeness (QED) is 0.806. The van der Waals surface area contributed by atoms with Crippen LogP contribution in [0.25, 0.3) is 0 Å². The molecule has 2 N–H and O–H groups in total. The van der Waals surface area contributed by atoms with Crippen molar-refractivity contribution >= 4 is 11.7 Å². The van der Waals surface area contributed by atoms with Crippen LogP contribution in [0.1, 0.15) is 26.5 Å². The van der Waals surface area contributed by atoms with E-state index in [1.54, 1.807) is 52.1 Å². The minimum Gasteiger partial charge on any atom is -0.384 e. The average molecular weight is 275 g/mol. The maximum atomic E-state index is 12.3. The van der Waals surface area contributed by atoms with Gasteiger partial charge in [-0.05, 0) is 32.9 Å². The highest BCUT2D eigenvalue weighted by molar-refractivity contribution is 6.05. The number of hydrogen-bond donors (Lipinski definition) is 2. The predicted molar refractivity (Wildman–Crippen MR) is 80.0 cm³/mol. The Morgan fingerprint density at radius 1 is 1.50 bits per heavy atom. The number of carbonyl (C=O) groups is 1. The van der Waals surface area contributed by atoms with Gasteiger partial charge in [0.1, 0.15) is 11.4 Å². The molecule has 108 valence electrons. The van der Waals surface area contributed by atoms with Gasteiger partial charge in [-0.15, -0.1) is 0 Å². The zero-order valence-electron chi connectivity index (χ0n) is 12.3. The molecule has 0 saturated heterocycles. The van der Waals surface area contributed by atoms with E-state index >= 15 is 0 Å². The maximum absolute atomic E-state index is 12.3. The predicted octanol–water partition coefficient (Wildman–Crippen LogP) is 1.91. The molecule has 0 saturated carbocycles. The average Bonchev–Trinajstić information content (AvgIpc) is 2.40. The number of carbonyl (C=O) groups excluding carboxylic acids is 1. The van der Waals surface area contributed by atoms with Crippen LogP contribution >= 0.6 is 0 Å². The number of rotatable bonds is 5. The number of nitrogens with zero attached hydrogens (tertiary/aromatic N) is 2. The lowest BCUT2D eigenvalue weighted by Gasteiger charge is -2.22. The van der Waals surface area contributed by atoms with Crippen molar-refractivity contribution < 1.29 is 9.90 Å². The van der Waals surface area contributed by atoms with E-state index in [1.165, 1.54) is 11.1 Å². The lowest BCUT2D eigenvalue weighted by atomic mass is 10.1. The van der Waals surface area contributed by atoms with Crippen molar-refractivity contribution in [3.8, 4) is 0 Å². The molecule has 20 heavy (non-hydrogen) atoms. The fraction of sp³-hybridized carbons (Fsp3) is 0.333. The molecule has 0 radical (unpaired) electrons. The monoisotopic (exact) mass is 275 g/mol. The molecule has 1 rings (SSSR count). The first-order chi connectivity index (χ1) is 9.35. The number of anilines is 1. The van der Waals surface area contributed by atoms with E-state index in [-0.39, 0.29) is 5.91 Å². The summed E-state index contributed by atoms with van der Waals surface area (Å²) in [5, 5.41) is 12.8. The number of likely N-dealkylation sites (N-methyl/N-ethyl adjacent to an activating group) is 1. The van der Waals surface area contributed by atoms with E-state index in [2.05, 4.69) is 16.9 Å². The molecular weight excluding hydrogens is 254 g/mol. The van der Waals surface area contributed by atoms with E-state index in [1.807, 2.05) is 0 Å². The summed E-state index contributed by atoms with van der Waals surface area (Å²) in [5.41, 5.74) is -0.139. The van der Waals surface area contributed by atoms with Gasteiger partial charge in [-0.1, -0.05) is 18.7 Å². The van der Waals surface area contributed by atoms with E-state index in [4.69, 9.17) is 0 Å². The third kappa shape index (κ3) is 3.45. The molecule has 5 heteroatoms. The number of amides is 1. The van der Waals surface area contributed by atoms with Gasteiger partial charge >= 0.3 is 0 Å². The molecule has 0 aliphatic carbocycles. The van der Waals surface area contributed by atoms with E-state index in [0.717, 1.165) is 0 Å². The third-order valence-electron chi connectivity index (χ3n) is 2.80. The van der Waals surface area contributed by atoms with Gasteiger partial charge in [0.2, 0.25) is 0 Å². The van der Waals surface area contributed by atoms with Gasteiger partial charge in [0.25, 0.3) is 5.91 Å². The van der Waals surface area contributed by atoms with Gasteiger partial charge in [0, 0.05) is 13.2 Å². The Morgan fingerprint density at radius 3 is 2.60 bits per heavy atom. The van der Waals surface area contributed by atoms with Gasteiger partial charge in [0.05, 0.1) is 11.4 Å². The normalized spacial score (nSPS) is 11.9. The molecule has 0 bridgehead atoms. The highest BCUT2D eigenvalue weighted by Crippen LogP contribution is 2.21. The summed E-state index contributed by atoms with van der Waals surface area (Å²) in [6.07, 6.45) is 3.08. The van der Waals surface area contributed by atoms with Crippen molar-refractivity contribution in [3.63, 3.8) is 0 Å². The van der Waals surface area contributed by atoms with Crippen LogP contribution in [0, 0.1) is 0 Å². The van der Waals surface area contributed by atoms with Crippen molar-refractivity contribution in [2.75, 3.05) is 11.9 Å². The number of aliphatic hydroxyl groups is 1. The molecule has 0 aromatic carbocycles. The second-order valence-electron chi connectivity index (χ2n) is 4.75. The molecule has 1 amide bonds. The van der Waals surface area contributed by atoms with Crippen molar-refractivity contribution in [2.45, 2.75) is 26.4 Å². The summed E-state index contributed by atoms with van der Waals surface area (Å²) in [6.45, 7) is 8.70. The Hall–Kier alpha value is -2.14. The van der Waals surface area contributed by atoms with Crippen LogP contribution < -0.4 is 10.2 Å². The molecule has 0 atom stereocenters. The molecule has 1 aromatic heterocycles. The smallest absolute Gasteiger partial charge is 0.279 e. The summed E-state index contributed by atoms with van der Waals surface area (Å²) in [4.78, 5) is 18.0.